The second kappa shape index (κ2) is 9.30. The Morgan fingerprint density at radius 1 is 1.03 bits per heavy atom. The predicted octanol–water partition coefficient (Wildman–Crippen LogP) is 0.426. The van der Waals surface area contributed by atoms with Gasteiger partial charge in [0.25, 0.3) is 15.9 Å². The quantitative estimate of drug-likeness (QED) is 0.540. The molecule has 29 heavy (non-hydrogen) atoms. The SMILES string of the molecule is COc1cc(OC)c(OC)cc1CNC(=O)COC(=O)c1ccc(S(N)(=O)=O)o1. The van der Waals surface area contributed by atoms with E-state index in [1.807, 2.05) is 0 Å². The fourth-order valence-corrected chi connectivity index (χ4v) is 2.72. The number of carbonyl (C=O) groups is 2. The van der Waals surface area contributed by atoms with E-state index in [2.05, 4.69) is 5.32 Å². The maximum Gasteiger partial charge on any atom is 0.374 e. The van der Waals surface area contributed by atoms with Gasteiger partial charge in [-0.05, 0) is 18.2 Å². The molecule has 11 nitrogen and oxygen atoms in total. The third-order valence-electron chi connectivity index (χ3n) is 3.66. The van der Waals surface area contributed by atoms with Gasteiger partial charge in [-0.25, -0.2) is 18.4 Å². The molecule has 1 heterocycles. The summed E-state index contributed by atoms with van der Waals surface area (Å²) in [5.41, 5.74) is 0.605. The Bertz CT molecular complexity index is 998. The zero-order valence-corrected chi connectivity index (χ0v) is 16.7. The van der Waals surface area contributed by atoms with Crippen molar-refractivity contribution in [2.24, 2.45) is 5.14 Å². The fraction of sp³-hybridized carbons (Fsp3) is 0.294. The van der Waals surface area contributed by atoms with Crippen molar-refractivity contribution in [2.45, 2.75) is 11.6 Å². The van der Waals surface area contributed by atoms with Gasteiger partial charge in [-0.1, -0.05) is 0 Å². The average Bonchev–Trinajstić information content (AvgIpc) is 3.20. The van der Waals surface area contributed by atoms with E-state index in [4.69, 9.17) is 28.5 Å². The van der Waals surface area contributed by atoms with E-state index in [1.165, 1.54) is 21.3 Å². The molecule has 2 rings (SSSR count). The summed E-state index contributed by atoms with van der Waals surface area (Å²) >= 11 is 0. The molecule has 0 radical (unpaired) electrons. The van der Waals surface area contributed by atoms with Crippen LogP contribution in [0.3, 0.4) is 0 Å². The van der Waals surface area contributed by atoms with Crippen molar-refractivity contribution in [1.29, 1.82) is 0 Å². The molecule has 1 aromatic heterocycles. The van der Waals surface area contributed by atoms with E-state index in [0.717, 1.165) is 12.1 Å². The number of hydrogen-bond donors (Lipinski definition) is 2. The second-order valence-electron chi connectivity index (χ2n) is 5.54. The maximum absolute atomic E-state index is 12.0. The first-order valence-electron chi connectivity index (χ1n) is 8.05. The van der Waals surface area contributed by atoms with E-state index < -0.39 is 39.4 Å². The fourth-order valence-electron chi connectivity index (χ4n) is 2.26. The molecule has 0 bridgehead atoms. The molecule has 3 N–H and O–H groups in total. The molecule has 0 spiro atoms. The van der Waals surface area contributed by atoms with Crippen molar-refractivity contribution in [3.05, 3.63) is 35.6 Å². The van der Waals surface area contributed by atoms with Crippen molar-refractivity contribution in [3.8, 4) is 17.2 Å². The number of amides is 1. The number of nitrogens with two attached hydrogens (primary N) is 1. The number of hydrogen-bond acceptors (Lipinski definition) is 9. The van der Waals surface area contributed by atoms with Crippen molar-refractivity contribution in [1.82, 2.24) is 5.32 Å². The Kier molecular flexibility index (Phi) is 7.07. The summed E-state index contributed by atoms with van der Waals surface area (Å²) in [5.74, 6) is -0.639. The summed E-state index contributed by atoms with van der Waals surface area (Å²) in [6.07, 6.45) is 0. The summed E-state index contributed by atoms with van der Waals surface area (Å²) in [6.45, 7) is -0.546. The van der Waals surface area contributed by atoms with Crippen molar-refractivity contribution in [2.75, 3.05) is 27.9 Å². The van der Waals surface area contributed by atoms with Crippen LogP contribution in [0.4, 0.5) is 0 Å². The first-order chi connectivity index (χ1) is 13.7. The van der Waals surface area contributed by atoms with Gasteiger partial charge in [0.05, 0.1) is 21.3 Å². The summed E-state index contributed by atoms with van der Waals surface area (Å²) < 4.78 is 47.5. The first-order valence-corrected chi connectivity index (χ1v) is 9.59. The van der Waals surface area contributed by atoms with Gasteiger partial charge in [0.1, 0.15) is 5.75 Å². The number of esters is 1. The van der Waals surface area contributed by atoms with Crippen LogP contribution < -0.4 is 24.7 Å². The number of furan rings is 1. The zero-order chi connectivity index (χ0) is 21.6. The average molecular weight is 428 g/mol. The topological polar surface area (TPSA) is 156 Å². The number of ether oxygens (including phenoxy) is 4. The van der Waals surface area contributed by atoms with Gasteiger partial charge in [0.2, 0.25) is 10.9 Å². The van der Waals surface area contributed by atoms with Gasteiger partial charge in [0, 0.05) is 18.2 Å². The molecule has 0 aliphatic heterocycles. The molecule has 0 atom stereocenters. The highest BCUT2D eigenvalue weighted by Crippen LogP contribution is 2.34. The molecule has 0 aliphatic rings. The van der Waals surface area contributed by atoms with Crippen molar-refractivity contribution >= 4 is 21.9 Å². The third-order valence-corrected chi connectivity index (χ3v) is 4.44. The Balaban J connectivity index is 1.95. The van der Waals surface area contributed by atoms with Crippen LogP contribution in [-0.4, -0.2) is 48.2 Å². The van der Waals surface area contributed by atoms with E-state index in [-0.39, 0.29) is 6.54 Å². The molecular weight excluding hydrogens is 408 g/mol. The molecule has 0 saturated heterocycles. The Hall–Kier alpha value is -3.25. The highest BCUT2D eigenvalue weighted by molar-refractivity contribution is 7.89. The summed E-state index contributed by atoms with van der Waals surface area (Å²) in [5, 5.41) is 6.86. The summed E-state index contributed by atoms with van der Waals surface area (Å²) in [7, 11) is 0.336. The highest BCUT2D eigenvalue weighted by atomic mass is 32.2. The predicted molar refractivity (Wildman–Crippen MR) is 98.3 cm³/mol. The molecule has 2 aromatic rings. The monoisotopic (exact) mass is 428 g/mol. The molecular formula is C17H20N2O9S. The van der Waals surface area contributed by atoms with E-state index >= 15 is 0 Å². The Morgan fingerprint density at radius 3 is 2.21 bits per heavy atom. The van der Waals surface area contributed by atoms with Gasteiger partial charge < -0.3 is 28.7 Å². The van der Waals surface area contributed by atoms with Crippen LogP contribution in [0.15, 0.2) is 33.8 Å². The molecule has 0 fully saturated rings. The lowest BCUT2D eigenvalue weighted by atomic mass is 10.1. The number of carbonyl (C=O) groups excluding carboxylic acids is 2. The van der Waals surface area contributed by atoms with Crippen LogP contribution in [0.2, 0.25) is 0 Å². The standard InChI is InChI=1S/C17H20N2O9S/c1-24-12-7-14(26-3)13(25-2)6-10(12)8-19-15(20)9-27-17(21)11-4-5-16(28-11)29(18,22)23/h4-7H,8-9H2,1-3H3,(H,19,20)(H2,18,22,23). The maximum atomic E-state index is 12.0. The second-order valence-corrected chi connectivity index (χ2v) is 7.03. The molecule has 0 saturated carbocycles. The lowest BCUT2D eigenvalue weighted by molar-refractivity contribution is -0.124. The van der Waals surface area contributed by atoms with Gasteiger partial charge in [0.15, 0.2) is 18.1 Å². The highest BCUT2D eigenvalue weighted by Gasteiger charge is 2.19. The number of nitrogens with one attached hydrogen (secondary N) is 1. The van der Waals surface area contributed by atoms with Crippen molar-refractivity contribution < 1.29 is 41.4 Å². The van der Waals surface area contributed by atoms with Gasteiger partial charge in [-0.3, -0.25) is 4.79 Å². The molecule has 1 aromatic carbocycles. The largest absolute Gasteiger partial charge is 0.496 e. The number of rotatable bonds is 9. The van der Waals surface area contributed by atoms with Gasteiger partial charge in [-0.2, -0.15) is 0 Å². The molecule has 0 unspecified atom stereocenters. The summed E-state index contributed by atoms with van der Waals surface area (Å²) in [6, 6.07) is 5.34. The molecule has 1 amide bonds. The number of benzene rings is 1. The van der Waals surface area contributed by atoms with Crippen LogP contribution in [0.5, 0.6) is 17.2 Å². The van der Waals surface area contributed by atoms with Crippen LogP contribution in [0, 0.1) is 0 Å². The van der Waals surface area contributed by atoms with E-state index in [9.17, 15) is 18.0 Å². The lowest BCUT2D eigenvalue weighted by Gasteiger charge is -2.14. The summed E-state index contributed by atoms with van der Waals surface area (Å²) in [4.78, 5) is 23.8. The Labute approximate surface area is 166 Å². The number of sulfonamides is 1. The zero-order valence-electron chi connectivity index (χ0n) is 15.9. The first kappa shape index (κ1) is 22.0. The molecule has 0 aliphatic carbocycles. The number of primary sulfonamides is 1. The lowest BCUT2D eigenvalue weighted by Crippen LogP contribution is -2.28. The van der Waals surface area contributed by atoms with Gasteiger partial charge in [-0.15, -0.1) is 0 Å². The molecule has 158 valence electrons. The van der Waals surface area contributed by atoms with Crippen LogP contribution in [0.25, 0.3) is 0 Å². The smallest absolute Gasteiger partial charge is 0.374 e. The number of methoxy groups -OCH3 is 3. The van der Waals surface area contributed by atoms with Crippen molar-refractivity contribution in [3.63, 3.8) is 0 Å². The Morgan fingerprint density at radius 2 is 1.66 bits per heavy atom. The van der Waals surface area contributed by atoms with Crippen LogP contribution >= 0.6 is 0 Å². The van der Waals surface area contributed by atoms with E-state index in [1.54, 1.807) is 12.1 Å². The minimum absolute atomic E-state index is 0.0657. The minimum Gasteiger partial charge on any atom is -0.496 e. The van der Waals surface area contributed by atoms with Crippen LogP contribution in [-0.2, 0) is 26.1 Å². The van der Waals surface area contributed by atoms with Gasteiger partial charge >= 0.3 is 5.97 Å². The van der Waals surface area contributed by atoms with Crippen LogP contribution in [0.1, 0.15) is 16.1 Å². The normalized spacial score (nSPS) is 10.9. The third kappa shape index (κ3) is 5.62. The molecule has 12 heteroatoms. The van der Waals surface area contributed by atoms with E-state index in [0.29, 0.717) is 22.8 Å². The minimum atomic E-state index is -4.09.